The lowest BCUT2D eigenvalue weighted by Crippen LogP contribution is -2.37. The third kappa shape index (κ3) is 7.53. The van der Waals surface area contributed by atoms with Crippen LogP contribution in [0.25, 0.3) is 11.1 Å². The van der Waals surface area contributed by atoms with Crippen molar-refractivity contribution in [2.45, 2.75) is 19.6 Å². The highest BCUT2D eigenvalue weighted by Gasteiger charge is 2.38. The van der Waals surface area contributed by atoms with Crippen molar-refractivity contribution >= 4 is 17.8 Å². The molecule has 3 aromatic rings. The van der Waals surface area contributed by atoms with E-state index in [1.54, 1.807) is 0 Å². The van der Waals surface area contributed by atoms with Gasteiger partial charge in [-0.25, -0.2) is 14.8 Å². The fourth-order valence-corrected chi connectivity index (χ4v) is 3.62. The van der Waals surface area contributed by atoms with Crippen LogP contribution < -0.4 is 4.90 Å². The van der Waals surface area contributed by atoms with E-state index >= 15 is 0 Å². The molecule has 0 unspecified atom stereocenters. The fraction of sp³-hybridized carbons (Fsp3) is 0.360. The molecule has 1 fully saturated rings. The smallest absolute Gasteiger partial charge is 0.475 e. The molecule has 4 rings (SSSR count). The number of aryl methyl sites for hydroxylation is 1. The van der Waals surface area contributed by atoms with Crippen molar-refractivity contribution in [2.75, 3.05) is 37.7 Å². The quantitative estimate of drug-likeness (QED) is 0.531. The van der Waals surface area contributed by atoms with Crippen molar-refractivity contribution < 1.29 is 32.6 Å². The maximum atomic E-state index is 13.2. The van der Waals surface area contributed by atoms with Gasteiger partial charge in [-0.15, -0.1) is 0 Å². The molecular formula is C25H28F3N5O4. The molecule has 9 nitrogen and oxygen atoms in total. The number of ether oxygens (including phenoxy) is 1. The first-order chi connectivity index (χ1) is 17.6. The Balaban J connectivity index is 0.000000479. The van der Waals surface area contributed by atoms with Crippen LogP contribution in [0.1, 0.15) is 23.0 Å². The second kappa shape index (κ2) is 12.3. The SMILES string of the molecule is CCN(Cc1ccccc1)C(=O)c1cc(-c2cnc(N3CCOCC3)nc2)cn1C.O=C(O)C(F)(F)F. The van der Waals surface area contributed by atoms with Gasteiger partial charge in [-0.3, -0.25) is 4.79 Å². The molecule has 0 radical (unpaired) electrons. The summed E-state index contributed by atoms with van der Waals surface area (Å²) in [6, 6.07) is 12.0. The van der Waals surface area contributed by atoms with Gasteiger partial charge in [-0.05, 0) is 18.6 Å². The van der Waals surface area contributed by atoms with E-state index in [2.05, 4.69) is 14.9 Å². The molecule has 2 aromatic heterocycles. The first-order valence-corrected chi connectivity index (χ1v) is 11.5. The highest BCUT2D eigenvalue weighted by Crippen LogP contribution is 2.23. The van der Waals surface area contributed by atoms with Gasteiger partial charge >= 0.3 is 12.1 Å². The molecule has 3 heterocycles. The van der Waals surface area contributed by atoms with Crippen LogP contribution in [0.3, 0.4) is 0 Å². The largest absolute Gasteiger partial charge is 0.490 e. The number of morpholine rings is 1. The van der Waals surface area contributed by atoms with E-state index in [1.807, 2.05) is 78.4 Å². The number of carbonyl (C=O) groups is 2. The van der Waals surface area contributed by atoms with E-state index in [0.717, 1.165) is 29.8 Å². The van der Waals surface area contributed by atoms with Gasteiger partial charge in [0.1, 0.15) is 5.69 Å². The highest BCUT2D eigenvalue weighted by atomic mass is 19.4. The minimum Gasteiger partial charge on any atom is -0.475 e. The number of carboxylic acids is 1. The van der Waals surface area contributed by atoms with Crippen molar-refractivity contribution in [2.24, 2.45) is 7.05 Å². The number of amides is 1. The van der Waals surface area contributed by atoms with Crippen molar-refractivity contribution in [3.63, 3.8) is 0 Å². The van der Waals surface area contributed by atoms with Crippen LogP contribution in [0, 0.1) is 0 Å². The van der Waals surface area contributed by atoms with Gasteiger partial charge in [0.25, 0.3) is 5.91 Å². The van der Waals surface area contributed by atoms with E-state index in [9.17, 15) is 18.0 Å². The predicted molar refractivity (Wildman–Crippen MR) is 130 cm³/mol. The highest BCUT2D eigenvalue weighted by molar-refractivity contribution is 5.94. The molecule has 1 amide bonds. The van der Waals surface area contributed by atoms with Crippen LogP contribution in [-0.4, -0.2) is 75.4 Å². The number of hydrogen-bond donors (Lipinski definition) is 1. The number of benzene rings is 1. The third-order valence-electron chi connectivity index (χ3n) is 5.62. The maximum absolute atomic E-state index is 13.2. The monoisotopic (exact) mass is 519 g/mol. The van der Waals surface area contributed by atoms with Crippen LogP contribution in [0.5, 0.6) is 0 Å². The molecule has 0 atom stereocenters. The maximum Gasteiger partial charge on any atom is 0.490 e. The molecule has 1 aromatic carbocycles. The molecule has 198 valence electrons. The Hall–Kier alpha value is -3.93. The summed E-state index contributed by atoms with van der Waals surface area (Å²) in [6.45, 7) is 6.25. The van der Waals surface area contributed by atoms with Gasteiger partial charge in [-0.1, -0.05) is 30.3 Å². The van der Waals surface area contributed by atoms with Crippen molar-refractivity contribution in [1.29, 1.82) is 0 Å². The summed E-state index contributed by atoms with van der Waals surface area (Å²) < 4.78 is 39.0. The number of halogens is 3. The van der Waals surface area contributed by atoms with Crippen molar-refractivity contribution in [3.8, 4) is 11.1 Å². The van der Waals surface area contributed by atoms with E-state index in [0.29, 0.717) is 37.9 Å². The summed E-state index contributed by atoms with van der Waals surface area (Å²) >= 11 is 0. The number of carbonyl (C=O) groups excluding carboxylic acids is 1. The Morgan fingerprint density at radius 1 is 1.08 bits per heavy atom. The fourth-order valence-electron chi connectivity index (χ4n) is 3.62. The zero-order valence-corrected chi connectivity index (χ0v) is 20.5. The molecule has 1 N–H and O–H groups in total. The molecule has 0 bridgehead atoms. The van der Waals surface area contributed by atoms with E-state index in [-0.39, 0.29) is 5.91 Å². The number of carboxylic acid groups (broad SMARTS) is 1. The lowest BCUT2D eigenvalue weighted by Gasteiger charge is -2.26. The summed E-state index contributed by atoms with van der Waals surface area (Å²) in [4.78, 5) is 35.1. The minimum absolute atomic E-state index is 0.0148. The molecule has 1 saturated heterocycles. The number of anilines is 1. The Labute approximate surface area is 212 Å². The second-order valence-corrected chi connectivity index (χ2v) is 8.20. The second-order valence-electron chi connectivity index (χ2n) is 8.20. The standard InChI is InChI=1S/C23H27N5O2.C2HF3O2/c1-3-27(16-18-7-5-4-6-8-18)22(29)21-13-19(17-26(21)2)20-14-24-23(25-15-20)28-9-11-30-12-10-28;3-2(4,5)1(6)7/h4-8,13-15,17H,3,9-12,16H2,1-2H3;(H,6,7). The molecule has 0 spiro atoms. The third-order valence-corrected chi connectivity index (χ3v) is 5.62. The number of alkyl halides is 3. The summed E-state index contributed by atoms with van der Waals surface area (Å²) in [7, 11) is 1.90. The van der Waals surface area contributed by atoms with Gasteiger partial charge in [0.05, 0.1) is 13.2 Å². The first-order valence-electron chi connectivity index (χ1n) is 11.5. The molecule has 12 heteroatoms. The molecule has 37 heavy (non-hydrogen) atoms. The lowest BCUT2D eigenvalue weighted by atomic mass is 10.1. The van der Waals surface area contributed by atoms with Crippen LogP contribution >= 0.6 is 0 Å². The predicted octanol–water partition coefficient (Wildman–Crippen LogP) is 3.61. The normalized spacial score (nSPS) is 13.5. The van der Waals surface area contributed by atoms with Crippen molar-refractivity contribution in [1.82, 2.24) is 19.4 Å². The van der Waals surface area contributed by atoms with Gasteiger partial charge in [0, 0.05) is 62.9 Å². The number of hydrogen-bond acceptors (Lipinski definition) is 6. The zero-order valence-electron chi connectivity index (χ0n) is 20.5. The first kappa shape index (κ1) is 27.7. The van der Waals surface area contributed by atoms with Gasteiger partial charge in [0.15, 0.2) is 0 Å². The summed E-state index contributed by atoms with van der Waals surface area (Å²) in [5.74, 6) is -2.03. The van der Waals surface area contributed by atoms with Gasteiger partial charge in [-0.2, -0.15) is 13.2 Å². The molecular weight excluding hydrogens is 491 g/mol. The van der Waals surface area contributed by atoms with Crippen LogP contribution in [0.15, 0.2) is 55.0 Å². The van der Waals surface area contributed by atoms with Crippen molar-refractivity contribution in [3.05, 3.63) is 66.2 Å². The number of aromatic nitrogens is 3. The van der Waals surface area contributed by atoms with Crippen LogP contribution in [0.4, 0.5) is 19.1 Å². The van der Waals surface area contributed by atoms with Crippen LogP contribution in [0.2, 0.25) is 0 Å². The number of nitrogens with zero attached hydrogens (tertiary/aromatic N) is 5. The Morgan fingerprint density at radius 3 is 2.22 bits per heavy atom. The van der Waals surface area contributed by atoms with E-state index < -0.39 is 12.1 Å². The molecule has 1 aliphatic heterocycles. The summed E-state index contributed by atoms with van der Waals surface area (Å²) in [5.41, 5.74) is 3.60. The topological polar surface area (TPSA) is 101 Å². The zero-order chi connectivity index (χ0) is 27.0. The molecule has 0 aliphatic carbocycles. The molecule has 1 aliphatic rings. The Kier molecular flexibility index (Phi) is 9.23. The molecule has 0 saturated carbocycles. The Bertz CT molecular complexity index is 1180. The Morgan fingerprint density at radius 2 is 1.68 bits per heavy atom. The summed E-state index contributed by atoms with van der Waals surface area (Å²) in [5, 5.41) is 7.12. The van der Waals surface area contributed by atoms with E-state index in [4.69, 9.17) is 14.6 Å². The minimum atomic E-state index is -5.08. The summed E-state index contributed by atoms with van der Waals surface area (Å²) in [6.07, 6.45) is 0.516. The average molecular weight is 520 g/mol. The average Bonchev–Trinajstić information content (AvgIpc) is 3.29. The van der Waals surface area contributed by atoms with Gasteiger partial charge in [0.2, 0.25) is 5.95 Å². The van der Waals surface area contributed by atoms with Crippen LogP contribution in [-0.2, 0) is 23.1 Å². The number of aliphatic carboxylic acids is 1. The number of rotatable bonds is 6. The van der Waals surface area contributed by atoms with E-state index in [1.165, 1.54) is 0 Å². The van der Waals surface area contributed by atoms with Gasteiger partial charge < -0.3 is 24.2 Å². The lowest BCUT2D eigenvalue weighted by molar-refractivity contribution is -0.192.